The van der Waals surface area contributed by atoms with Gasteiger partial charge in [-0.2, -0.15) is 0 Å². The molecule has 1 fully saturated rings. The molecule has 0 saturated heterocycles. The number of alkyl halides is 1. The SMILES string of the molecule is Cc1ccc2nc(CCl)n(C3CC3(C)C)c2n1. The van der Waals surface area contributed by atoms with Gasteiger partial charge in [0.05, 0.1) is 5.88 Å². The third kappa shape index (κ3) is 1.64. The molecule has 0 N–H and O–H groups in total. The summed E-state index contributed by atoms with van der Waals surface area (Å²) in [6.07, 6.45) is 1.18. The molecule has 1 aliphatic carbocycles. The van der Waals surface area contributed by atoms with E-state index in [4.69, 9.17) is 11.6 Å². The number of hydrogen-bond donors (Lipinski definition) is 0. The number of fused-ring (bicyclic) bond motifs is 1. The van der Waals surface area contributed by atoms with Crippen LogP contribution in [0.1, 0.15) is 37.8 Å². The van der Waals surface area contributed by atoms with E-state index in [0.717, 1.165) is 22.7 Å². The first-order valence-corrected chi connectivity index (χ1v) is 6.47. The normalized spacial score (nSPS) is 22.0. The third-order valence-electron chi connectivity index (χ3n) is 3.64. The molecule has 0 bridgehead atoms. The van der Waals surface area contributed by atoms with Crippen molar-refractivity contribution in [2.45, 2.75) is 39.1 Å². The molecule has 1 unspecified atom stereocenters. The molecule has 2 aromatic rings. The number of nitrogens with zero attached hydrogens (tertiary/aromatic N) is 3. The van der Waals surface area contributed by atoms with Crippen LogP contribution in [0, 0.1) is 12.3 Å². The van der Waals surface area contributed by atoms with E-state index in [1.165, 1.54) is 6.42 Å². The first kappa shape index (κ1) is 11.0. The van der Waals surface area contributed by atoms with Gasteiger partial charge in [-0.05, 0) is 30.9 Å². The highest BCUT2D eigenvalue weighted by molar-refractivity contribution is 6.16. The van der Waals surface area contributed by atoms with Gasteiger partial charge in [0.15, 0.2) is 5.65 Å². The molecule has 0 spiro atoms. The zero-order valence-electron chi connectivity index (χ0n) is 10.4. The summed E-state index contributed by atoms with van der Waals surface area (Å²) in [6.45, 7) is 6.56. The Morgan fingerprint density at radius 2 is 2.12 bits per heavy atom. The van der Waals surface area contributed by atoms with Crippen molar-refractivity contribution in [3.63, 3.8) is 0 Å². The Hall–Kier alpha value is -1.09. The van der Waals surface area contributed by atoms with Crippen molar-refractivity contribution in [2.24, 2.45) is 5.41 Å². The molecule has 2 aromatic heterocycles. The predicted octanol–water partition coefficient (Wildman–Crippen LogP) is 3.45. The molecule has 1 saturated carbocycles. The largest absolute Gasteiger partial charge is 0.308 e. The second-order valence-corrected chi connectivity index (χ2v) is 5.80. The highest BCUT2D eigenvalue weighted by Gasteiger charge is 2.48. The molecule has 1 aliphatic rings. The number of hydrogen-bond acceptors (Lipinski definition) is 2. The summed E-state index contributed by atoms with van der Waals surface area (Å²) >= 11 is 6.00. The monoisotopic (exact) mass is 249 g/mol. The molecule has 0 radical (unpaired) electrons. The van der Waals surface area contributed by atoms with Crippen molar-refractivity contribution in [1.29, 1.82) is 0 Å². The molecular weight excluding hydrogens is 234 g/mol. The second kappa shape index (κ2) is 3.45. The zero-order valence-corrected chi connectivity index (χ0v) is 11.1. The molecule has 2 heterocycles. The van der Waals surface area contributed by atoms with Crippen LogP contribution in [0.15, 0.2) is 12.1 Å². The van der Waals surface area contributed by atoms with E-state index in [1.807, 2.05) is 19.1 Å². The number of pyridine rings is 1. The molecule has 3 rings (SSSR count). The molecule has 90 valence electrons. The lowest BCUT2D eigenvalue weighted by molar-refractivity contribution is 0.538. The summed E-state index contributed by atoms with van der Waals surface area (Å²) < 4.78 is 2.23. The number of aromatic nitrogens is 3. The van der Waals surface area contributed by atoms with Crippen LogP contribution < -0.4 is 0 Å². The van der Waals surface area contributed by atoms with E-state index >= 15 is 0 Å². The maximum atomic E-state index is 6.00. The van der Waals surface area contributed by atoms with Crippen molar-refractivity contribution in [3.8, 4) is 0 Å². The fourth-order valence-corrected chi connectivity index (χ4v) is 2.61. The summed E-state index contributed by atoms with van der Waals surface area (Å²) in [5, 5.41) is 0. The fraction of sp³-hybridized carbons (Fsp3) is 0.538. The zero-order chi connectivity index (χ0) is 12.2. The number of halogens is 1. The first-order valence-electron chi connectivity index (χ1n) is 5.93. The van der Waals surface area contributed by atoms with Crippen molar-refractivity contribution >= 4 is 22.8 Å². The lowest BCUT2D eigenvalue weighted by atomic mass is 10.2. The maximum absolute atomic E-state index is 6.00. The lowest BCUT2D eigenvalue weighted by Gasteiger charge is -2.09. The average molecular weight is 250 g/mol. The van der Waals surface area contributed by atoms with E-state index in [0.29, 0.717) is 17.3 Å². The van der Waals surface area contributed by atoms with Gasteiger partial charge in [0.2, 0.25) is 0 Å². The Morgan fingerprint density at radius 3 is 2.71 bits per heavy atom. The molecule has 4 heteroatoms. The van der Waals surface area contributed by atoms with E-state index < -0.39 is 0 Å². The molecule has 1 atom stereocenters. The topological polar surface area (TPSA) is 30.7 Å². The van der Waals surface area contributed by atoms with Gasteiger partial charge in [-0.3, -0.25) is 0 Å². The Labute approximate surface area is 106 Å². The van der Waals surface area contributed by atoms with Gasteiger partial charge in [-0.1, -0.05) is 13.8 Å². The minimum Gasteiger partial charge on any atom is -0.308 e. The van der Waals surface area contributed by atoms with Gasteiger partial charge in [-0.15, -0.1) is 11.6 Å². The Balaban J connectivity index is 2.23. The molecule has 3 nitrogen and oxygen atoms in total. The van der Waals surface area contributed by atoms with Crippen LogP contribution in [0.4, 0.5) is 0 Å². The van der Waals surface area contributed by atoms with Gasteiger partial charge in [0, 0.05) is 11.7 Å². The second-order valence-electron chi connectivity index (χ2n) is 5.54. The smallest absolute Gasteiger partial charge is 0.160 e. The molecular formula is C13H16ClN3. The fourth-order valence-electron chi connectivity index (χ4n) is 2.42. The van der Waals surface area contributed by atoms with Gasteiger partial charge < -0.3 is 4.57 Å². The summed E-state index contributed by atoms with van der Waals surface area (Å²) in [6, 6.07) is 4.52. The summed E-state index contributed by atoms with van der Waals surface area (Å²) in [5.41, 5.74) is 3.31. The van der Waals surface area contributed by atoms with Crippen LogP contribution in [-0.4, -0.2) is 14.5 Å². The number of imidazole rings is 1. The lowest BCUT2D eigenvalue weighted by Crippen LogP contribution is -2.05. The Bertz CT molecular complexity index is 586. The molecule has 0 aromatic carbocycles. The van der Waals surface area contributed by atoms with E-state index in [2.05, 4.69) is 28.4 Å². The van der Waals surface area contributed by atoms with Gasteiger partial charge in [-0.25, -0.2) is 9.97 Å². The number of rotatable bonds is 2. The first-order chi connectivity index (χ1) is 8.03. The Morgan fingerprint density at radius 1 is 1.41 bits per heavy atom. The van der Waals surface area contributed by atoms with Crippen LogP contribution >= 0.6 is 11.6 Å². The van der Waals surface area contributed by atoms with Crippen LogP contribution in [0.3, 0.4) is 0 Å². The van der Waals surface area contributed by atoms with Crippen LogP contribution in [0.2, 0.25) is 0 Å². The number of aryl methyl sites for hydroxylation is 1. The van der Waals surface area contributed by atoms with Crippen molar-refractivity contribution in [3.05, 3.63) is 23.7 Å². The average Bonchev–Trinajstić information content (AvgIpc) is 2.75. The predicted molar refractivity (Wildman–Crippen MR) is 69.3 cm³/mol. The summed E-state index contributed by atoms with van der Waals surface area (Å²) in [4.78, 5) is 9.18. The summed E-state index contributed by atoms with van der Waals surface area (Å²) in [7, 11) is 0. The highest BCUT2D eigenvalue weighted by atomic mass is 35.5. The molecule has 0 amide bonds. The Kier molecular flexibility index (Phi) is 2.24. The van der Waals surface area contributed by atoms with E-state index in [1.54, 1.807) is 0 Å². The highest BCUT2D eigenvalue weighted by Crippen LogP contribution is 2.56. The standard InChI is InChI=1S/C13H16ClN3/c1-8-4-5-9-12(15-8)17(11(7-14)16-9)10-6-13(10,2)3/h4-5,10H,6-7H2,1-3H3. The van der Waals surface area contributed by atoms with Crippen molar-refractivity contribution in [1.82, 2.24) is 14.5 Å². The summed E-state index contributed by atoms with van der Waals surface area (Å²) in [5.74, 6) is 1.39. The minimum absolute atomic E-state index is 0.347. The van der Waals surface area contributed by atoms with Crippen LogP contribution in [0.5, 0.6) is 0 Å². The van der Waals surface area contributed by atoms with E-state index in [9.17, 15) is 0 Å². The van der Waals surface area contributed by atoms with Crippen molar-refractivity contribution in [2.75, 3.05) is 0 Å². The van der Waals surface area contributed by atoms with Gasteiger partial charge in [0.1, 0.15) is 11.3 Å². The minimum atomic E-state index is 0.347. The maximum Gasteiger partial charge on any atom is 0.160 e. The quantitative estimate of drug-likeness (QED) is 0.764. The van der Waals surface area contributed by atoms with E-state index in [-0.39, 0.29) is 0 Å². The van der Waals surface area contributed by atoms with Gasteiger partial charge >= 0.3 is 0 Å². The molecule has 0 aliphatic heterocycles. The van der Waals surface area contributed by atoms with Crippen molar-refractivity contribution < 1.29 is 0 Å². The third-order valence-corrected chi connectivity index (χ3v) is 3.88. The molecule has 17 heavy (non-hydrogen) atoms. The van der Waals surface area contributed by atoms with Crippen LogP contribution in [-0.2, 0) is 5.88 Å². The van der Waals surface area contributed by atoms with Crippen LogP contribution in [0.25, 0.3) is 11.2 Å². The van der Waals surface area contributed by atoms with Gasteiger partial charge in [0.25, 0.3) is 0 Å².